The van der Waals surface area contributed by atoms with E-state index in [4.69, 9.17) is 23.2 Å². The van der Waals surface area contributed by atoms with Crippen LogP contribution in [0.25, 0.3) is 0 Å². The standard InChI is InChI=1S/C15H14Cl2OS/c16-14-7-6-11(10-15(14)17)9-12(18)3-1-4-13-5-2-8-19-13/h2,5-8,10H,1,3-4,9H2. The highest BCUT2D eigenvalue weighted by molar-refractivity contribution is 7.09. The van der Waals surface area contributed by atoms with E-state index < -0.39 is 0 Å². The molecule has 0 saturated heterocycles. The minimum atomic E-state index is 0.245. The summed E-state index contributed by atoms with van der Waals surface area (Å²) in [4.78, 5) is 13.2. The van der Waals surface area contributed by atoms with Crippen molar-refractivity contribution < 1.29 is 4.79 Å². The maximum absolute atomic E-state index is 11.9. The van der Waals surface area contributed by atoms with E-state index >= 15 is 0 Å². The molecule has 1 heterocycles. The number of hydrogen-bond acceptors (Lipinski definition) is 2. The molecule has 0 aliphatic carbocycles. The summed E-state index contributed by atoms with van der Waals surface area (Å²) in [6.45, 7) is 0. The van der Waals surface area contributed by atoms with Crippen LogP contribution >= 0.6 is 34.5 Å². The summed E-state index contributed by atoms with van der Waals surface area (Å²) in [5.41, 5.74) is 0.926. The van der Waals surface area contributed by atoms with Crippen molar-refractivity contribution in [2.45, 2.75) is 25.7 Å². The molecule has 0 atom stereocenters. The SMILES string of the molecule is O=C(CCCc1cccs1)Cc1ccc(Cl)c(Cl)c1. The average Bonchev–Trinajstić information content (AvgIpc) is 2.87. The van der Waals surface area contributed by atoms with Crippen LogP contribution in [-0.2, 0) is 17.6 Å². The highest BCUT2D eigenvalue weighted by Gasteiger charge is 2.06. The molecule has 0 aliphatic rings. The molecule has 0 aliphatic heterocycles. The smallest absolute Gasteiger partial charge is 0.137 e. The topological polar surface area (TPSA) is 17.1 Å². The fourth-order valence-electron chi connectivity index (χ4n) is 1.88. The van der Waals surface area contributed by atoms with Crippen LogP contribution in [-0.4, -0.2) is 5.78 Å². The molecule has 0 fully saturated rings. The number of carbonyl (C=O) groups is 1. The highest BCUT2D eigenvalue weighted by atomic mass is 35.5. The molecule has 0 radical (unpaired) electrons. The Hall–Kier alpha value is -0.830. The Morgan fingerprint density at radius 2 is 2.00 bits per heavy atom. The Morgan fingerprint density at radius 3 is 2.68 bits per heavy atom. The summed E-state index contributed by atoms with van der Waals surface area (Å²) in [6.07, 6.45) is 2.92. The molecule has 19 heavy (non-hydrogen) atoms. The van der Waals surface area contributed by atoms with Crippen LogP contribution in [0, 0.1) is 0 Å². The monoisotopic (exact) mass is 312 g/mol. The Morgan fingerprint density at radius 1 is 1.16 bits per heavy atom. The predicted octanol–water partition coefficient (Wildman–Crippen LogP) is 5.19. The van der Waals surface area contributed by atoms with Gasteiger partial charge in [0.15, 0.2) is 0 Å². The van der Waals surface area contributed by atoms with Crippen molar-refractivity contribution in [3.8, 4) is 0 Å². The number of Topliss-reactive ketones (excluding diaryl/α,β-unsaturated/α-hetero) is 1. The van der Waals surface area contributed by atoms with Gasteiger partial charge in [0.25, 0.3) is 0 Å². The first kappa shape index (κ1) is 14.6. The number of thiophene rings is 1. The molecular formula is C15H14Cl2OS. The fourth-order valence-corrected chi connectivity index (χ4v) is 2.95. The van der Waals surface area contributed by atoms with E-state index in [0.717, 1.165) is 18.4 Å². The van der Waals surface area contributed by atoms with E-state index in [9.17, 15) is 4.79 Å². The van der Waals surface area contributed by atoms with Gasteiger partial charge in [0, 0.05) is 17.7 Å². The van der Waals surface area contributed by atoms with Gasteiger partial charge in [0.1, 0.15) is 5.78 Å². The average molecular weight is 313 g/mol. The van der Waals surface area contributed by atoms with Gasteiger partial charge in [-0.3, -0.25) is 4.79 Å². The number of benzene rings is 1. The highest BCUT2D eigenvalue weighted by Crippen LogP contribution is 2.23. The largest absolute Gasteiger partial charge is 0.299 e. The summed E-state index contributed by atoms with van der Waals surface area (Å²) in [7, 11) is 0. The lowest BCUT2D eigenvalue weighted by Gasteiger charge is -2.03. The zero-order chi connectivity index (χ0) is 13.7. The van der Waals surface area contributed by atoms with E-state index in [0.29, 0.717) is 22.9 Å². The number of halogens is 2. The predicted molar refractivity (Wildman–Crippen MR) is 82.4 cm³/mol. The zero-order valence-corrected chi connectivity index (χ0v) is 12.7. The van der Waals surface area contributed by atoms with Crippen LogP contribution in [0.4, 0.5) is 0 Å². The number of carbonyl (C=O) groups excluding carboxylic acids is 1. The fraction of sp³-hybridized carbons (Fsp3) is 0.267. The van der Waals surface area contributed by atoms with Gasteiger partial charge in [-0.15, -0.1) is 11.3 Å². The van der Waals surface area contributed by atoms with Crippen molar-refractivity contribution in [2.24, 2.45) is 0 Å². The summed E-state index contributed by atoms with van der Waals surface area (Å²) in [5.74, 6) is 0.245. The van der Waals surface area contributed by atoms with Gasteiger partial charge in [0.05, 0.1) is 10.0 Å². The van der Waals surface area contributed by atoms with Crippen molar-refractivity contribution in [3.63, 3.8) is 0 Å². The maximum atomic E-state index is 11.9. The molecule has 0 N–H and O–H groups in total. The molecule has 2 rings (SSSR count). The Bertz CT molecular complexity index is 549. The second-order valence-electron chi connectivity index (χ2n) is 4.40. The Labute approximate surface area is 127 Å². The van der Waals surface area contributed by atoms with E-state index in [1.165, 1.54) is 4.88 Å². The van der Waals surface area contributed by atoms with Gasteiger partial charge in [-0.1, -0.05) is 35.3 Å². The van der Waals surface area contributed by atoms with Crippen LogP contribution in [0.15, 0.2) is 35.7 Å². The molecule has 0 bridgehead atoms. The quantitative estimate of drug-likeness (QED) is 0.717. The van der Waals surface area contributed by atoms with Gasteiger partial charge >= 0.3 is 0 Å². The third kappa shape index (κ3) is 4.64. The van der Waals surface area contributed by atoms with Crippen molar-refractivity contribution in [1.29, 1.82) is 0 Å². The van der Waals surface area contributed by atoms with Gasteiger partial charge < -0.3 is 0 Å². The molecule has 1 nitrogen and oxygen atoms in total. The lowest BCUT2D eigenvalue weighted by Crippen LogP contribution is -2.03. The molecule has 2 aromatic rings. The third-order valence-electron chi connectivity index (χ3n) is 2.84. The molecular weight excluding hydrogens is 299 g/mol. The van der Waals surface area contributed by atoms with Gasteiger partial charge in [0.2, 0.25) is 0 Å². The van der Waals surface area contributed by atoms with Crippen molar-refractivity contribution in [3.05, 3.63) is 56.2 Å². The summed E-state index contributed by atoms with van der Waals surface area (Å²) < 4.78 is 0. The molecule has 0 amide bonds. The second kappa shape index (κ2) is 7.09. The van der Waals surface area contributed by atoms with Gasteiger partial charge in [-0.25, -0.2) is 0 Å². The molecule has 0 spiro atoms. The number of aryl methyl sites for hydroxylation is 1. The number of rotatable bonds is 6. The van der Waals surface area contributed by atoms with Crippen LogP contribution in [0.5, 0.6) is 0 Å². The van der Waals surface area contributed by atoms with E-state index in [1.54, 1.807) is 23.5 Å². The van der Waals surface area contributed by atoms with Crippen LogP contribution in [0.3, 0.4) is 0 Å². The van der Waals surface area contributed by atoms with Crippen molar-refractivity contribution in [1.82, 2.24) is 0 Å². The Kier molecular flexibility index (Phi) is 5.44. The minimum absolute atomic E-state index is 0.245. The third-order valence-corrected chi connectivity index (χ3v) is 4.52. The molecule has 1 aromatic carbocycles. The molecule has 100 valence electrons. The van der Waals surface area contributed by atoms with Crippen molar-refractivity contribution in [2.75, 3.05) is 0 Å². The van der Waals surface area contributed by atoms with Crippen LogP contribution in [0.1, 0.15) is 23.3 Å². The van der Waals surface area contributed by atoms with Crippen molar-refractivity contribution >= 4 is 40.3 Å². The first-order chi connectivity index (χ1) is 9.15. The first-order valence-corrected chi connectivity index (χ1v) is 7.77. The number of ketones is 1. The second-order valence-corrected chi connectivity index (χ2v) is 6.24. The van der Waals surface area contributed by atoms with E-state index in [1.807, 2.05) is 12.1 Å². The molecule has 0 saturated carbocycles. The molecule has 1 aromatic heterocycles. The van der Waals surface area contributed by atoms with Gasteiger partial charge in [-0.05, 0) is 42.0 Å². The lowest BCUT2D eigenvalue weighted by atomic mass is 10.0. The van der Waals surface area contributed by atoms with Crippen LogP contribution in [0.2, 0.25) is 10.0 Å². The molecule has 4 heteroatoms. The lowest BCUT2D eigenvalue weighted by molar-refractivity contribution is -0.118. The first-order valence-electron chi connectivity index (χ1n) is 6.13. The normalized spacial score (nSPS) is 10.6. The zero-order valence-electron chi connectivity index (χ0n) is 10.4. The summed E-state index contributed by atoms with van der Waals surface area (Å²) in [6, 6.07) is 9.50. The summed E-state index contributed by atoms with van der Waals surface area (Å²) in [5, 5.41) is 3.09. The van der Waals surface area contributed by atoms with E-state index in [2.05, 4.69) is 11.4 Å². The Balaban J connectivity index is 1.79. The number of hydrogen-bond donors (Lipinski definition) is 0. The van der Waals surface area contributed by atoms with Gasteiger partial charge in [-0.2, -0.15) is 0 Å². The minimum Gasteiger partial charge on any atom is -0.299 e. The van der Waals surface area contributed by atoms with E-state index in [-0.39, 0.29) is 5.78 Å². The van der Waals surface area contributed by atoms with Crippen LogP contribution < -0.4 is 0 Å². The summed E-state index contributed by atoms with van der Waals surface area (Å²) >= 11 is 13.5. The molecule has 0 unspecified atom stereocenters. The maximum Gasteiger partial charge on any atom is 0.137 e.